The third-order valence-electron chi connectivity index (χ3n) is 12.2. The maximum Gasteiger partial charge on any atom is 0.135 e. The molecule has 0 N–H and O–H groups in total. The summed E-state index contributed by atoms with van der Waals surface area (Å²) < 4.78 is 8.76. The van der Waals surface area contributed by atoms with E-state index in [1.54, 1.807) is 0 Å². The first kappa shape index (κ1) is 38.7. The first-order valence-corrected chi connectivity index (χ1v) is 20.5. The first-order chi connectivity index (χ1) is 29.1. The maximum absolute atomic E-state index is 6.63. The van der Waals surface area contributed by atoms with E-state index in [1.807, 2.05) is 36.7 Å². The molecule has 6 aromatic carbocycles. The maximum atomic E-state index is 6.63. The molecule has 6 nitrogen and oxygen atoms in total. The summed E-state index contributed by atoms with van der Waals surface area (Å²) in [5, 5.41) is 0.982. The van der Waals surface area contributed by atoms with Gasteiger partial charge in [-0.1, -0.05) is 124 Å². The average Bonchev–Trinajstić information content (AvgIpc) is 3.89. The quantitative estimate of drug-likeness (QED) is 0.155. The number of nitrogens with zero attached hydrogens (tertiary/aromatic N) is 5. The molecule has 4 heterocycles. The fraction of sp³-hybridized carbons (Fsp3) is 0.130. The van der Waals surface area contributed by atoms with Gasteiger partial charge >= 0.3 is 0 Å². The van der Waals surface area contributed by atoms with Gasteiger partial charge in [-0.25, -0.2) is 4.98 Å². The van der Waals surface area contributed by atoms with Gasteiger partial charge in [0.05, 0.1) is 5.52 Å². The molecule has 11 rings (SSSR count). The number of aromatic nitrogens is 3. The Kier molecular flexibility index (Phi) is 9.26. The van der Waals surface area contributed by atoms with E-state index in [-0.39, 0.29) is 31.9 Å². The van der Waals surface area contributed by atoms with Crippen LogP contribution in [0.15, 0.2) is 158 Å². The number of rotatable bonds is 6. The Balaban J connectivity index is 0.00000445. The van der Waals surface area contributed by atoms with Gasteiger partial charge in [0.2, 0.25) is 0 Å². The fourth-order valence-corrected chi connectivity index (χ4v) is 9.15. The molecule has 0 unspecified atom stereocenters. The van der Waals surface area contributed by atoms with Crippen LogP contribution in [0, 0.1) is 18.8 Å². The van der Waals surface area contributed by atoms with E-state index in [0.717, 1.165) is 50.5 Å². The van der Waals surface area contributed by atoms with Gasteiger partial charge in [0.15, 0.2) is 0 Å². The molecule has 9 aromatic rings. The van der Waals surface area contributed by atoms with E-state index in [4.69, 9.17) is 14.7 Å². The molecule has 0 radical (unpaired) electrons. The molecular weight excluding hydrogens is 930 g/mol. The van der Waals surface area contributed by atoms with Crippen LogP contribution in [0.1, 0.15) is 51.3 Å². The summed E-state index contributed by atoms with van der Waals surface area (Å²) in [5.74, 6) is 1.98. The van der Waals surface area contributed by atoms with Gasteiger partial charge in [-0.05, 0) is 69.6 Å². The van der Waals surface area contributed by atoms with Crippen LogP contribution < -0.4 is 14.5 Å². The van der Waals surface area contributed by atoms with Crippen molar-refractivity contribution in [1.29, 1.82) is 0 Å². The Hall–Kier alpha value is -6.49. The molecule has 61 heavy (non-hydrogen) atoms. The second-order valence-electron chi connectivity index (χ2n) is 17.2. The molecule has 0 saturated carbocycles. The van der Waals surface area contributed by atoms with Gasteiger partial charge in [-0.3, -0.25) is 4.98 Å². The number of ether oxygens (including phenoxy) is 1. The topological polar surface area (TPSA) is 46.4 Å². The summed E-state index contributed by atoms with van der Waals surface area (Å²) in [6.07, 6.45) is 3.71. The Morgan fingerprint density at radius 1 is 0.639 bits per heavy atom. The second kappa shape index (κ2) is 14.6. The van der Waals surface area contributed by atoms with Crippen LogP contribution >= 0.6 is 0 Å². The smallest absolute Gasteiger partial charge is 0.135 e. The van der Waals surface area contributed by atoms with Crippen molar-refractivity contribution in [2.75, 3.05) is 9.80 Å². The van der Waals surface area contributed by atoms with E-state index >= 15 is 0 Å². The third-order valence-corrected chi connectivity index (χ3v) is 12.2. The minimum Gasteiger partial charge on any atom is -0.509 e. The fourth-order valence-electron chi connectivity index (χ4n) is 9.15. The number of benzene rings is 6. The van der Waals surface area contributed by atoms with Gasteiger partial charge in [-0.15, -0.1) is 42.7 Å². The van der Waals surface area contributed by atoms with Crippen LogP contribution in [-0.2, 0) is 31.9 Å². The van der Waals surface area contributed by atoms with Gasteiger partial charge in [0.25, 0.3) is 0 Å². The van der Waals surface area contributed by atoms with Crippen molar-refractivity contribution >= 4 is 44.7 Å². The monoisotopic (exact) mass is 971 g/mol. The number of anilines is 4. The van der Waals surface area contributed by atoms with Gasteiger partial charge in [-0.2, -0.15) is 12.1 Å². The van der Waals surface area contributed by atoms with E-state index in [1.165, 1.54) is 38.9 Å². The largest absolute Gasteiger partial charge is 0.509 e. The van der Waals surface area contributed by atoms with Crippen molar-refractivity contribution in [3.05, 3.63) is 193 Å². The summed E-state index contributed by atoms with van der Waals surface area (Å²) in [6.45, 7) is 13.5. The van der Waals surface area contributed by atoms with Crippen LogP contribution in [0.4, 0.5) is 22.7 Å². The minimum absolute atomic E-state index is 0. The zero-order chi connectivity index (χ0) is 40.8. The Morgan fingerprint density at radius 2 is 1.39 bits per heavy atom. The van der Waals surface area contributed by atoms with Crippen molar-refractivity contribution in [2.45, 2.75) is 45.4 Å². The van der Waals surface area contributed by atoms with Crippen LogP contribution in [-0.4, -0.2) is 14.5 Å². The molecule has 0 spiro atoms. The Bertz CT molecular complexity index is 3150. The van der Waals surface area contributed by atoms with Crippen LogP contribution in [0.3, 0.4) is 0 Å². The minimum atomic E-state index is -0.147. The molecule has 0 saturated heterocycles. The van der Waals surface area contributed by atoms with E-state index in [9.17, 15) is 0 Å². The summed E-state index contributed by atoms with van der Waals surface area (Å²) >= 11 is 0. The Labute approximate surface area is 371 Å². The van der Waals surface area contributed by atoms with Gasteiger partial charge in [0, 0.05) is 84.1 Å². The van der Waals surface area contributed by atoms with Crippen molar-refractivity contribution in [3.8, 4) is 39.6 Å². The van der Waals surface area contributed by atoms with Crippen molar-refractivity contribution in [2.24, 2.45) is 0 Å². The summed E-state index contributed by atoms with van der Waals surface area (Å²) in [4.78, 5) is 14.2. The molecule has 7 heteroatoms. The Morgan fingerprint density at radius 3 is 2.21 bits per heavy atom. The zero-order valence-electron chi connectivity index (χ0n) is 34.5. The van der Waals surface area contributed by atoms with Gasteiger partial charge in [0.1, 0.15) is 5.82 Å². The number of para-hydroxylation sites is 2. The first-order valence-electron chi connectivity index (χ1n) is 20.5. The average molecular weight is 972 g/mol. The molecule has 302 valence electrons. The van der Waals surface area contributed by atoms with Crippen LogP contribution in [0.2, 0.25) is 0 Å². The summed E-state index contributed by atoms with van der Waals surface area (Å²) in [5.41, 5.74) is 15.5. The predicted octanol–water partition coefficient (Wildman–Crippen LogP) is 13.6. The van der Waals surface area contributed by atoms with Crippen LogP contribution in [0.5, 0.6) is 11.5 Å². The standard InChI is InChI=1S/C54H42N5O.Pt/c1-53(2,3)36-28-30-55-49(31-36)59-47-23-14-29-56-51(47)42-25-24-39(33-48(42)59)60-38-18-13-17-37(32-38)57-34-58(46-22-12-11-21-45(46)57)52-40(35-15-7-6-8-16-35)26-27-44-50(52)41-19-9-10-20-43(41)54(44,4)5;/h6-31,34H,1-5H3;/q-3;. The molecule has 0 fully saturated rings. The molecule has 0 atom stereocenters. The van der Waals surface area contributed by atoms with Crippen LogP contribution in [0.25, 0.3) is 50.0 Å². The molecule has 1 aliphatic carbocycles. The molecule has 3 aromatic heterocycles. The number of pyridine rings is 2. The number of hydrogen-bond donors (Lipinski definition) is 0. The van der Waals surface area contributed by atoms with Gasteiger partial charge < -0.3 is 19.1 Å². The van der Waals surface area contributed by atoms with Crippen molar-refractivity contribution in [1.82, 2.24) is 14.5 Å². The third kappa shape index (κ3) is 6.27. The van der Waals surface area contributed by atoms with E-state index < -0.39 is 0 Å². The van der Waals surface area contributed by atoms with E-state index in [2.05, 4.69) is 189 Å². The zero-order valence-corrected chi connectivity index (χ0v) is 36.8. The summed E-state index contributed by atoms with van der Waals surface area (Å²) in [6, 6.07) is 58.4. The summed E-state index contributed by atoms with van der Waals surface area (Å²) in [7, 11) is 0. The second-order valence-corrected chi connectivity index (χ2v) is 17.2. The molecule has 0 amide bonds. The molecular formula is C54H42N5OPt-3. The normalized spacial score (nSPS) is 13.9. The number of fused-ring (bicyclic) bond motifs is 7. The van der Waals surface area contributed by atoms with Crippen molar-refractivity contribution in [3.63, 3.8) is 0 Å². The molecule has 0 bridgehead atoms. The van der Waals surface area contributed by atoms with Crippen molar-refractivity contribution < 1.29 is 25.8 Å². The molecule has 1 aliphatic heterocycles. The molecule has 2 aliphatic rings. The SMILES string of the molecule is CC(C)(C)c1ccnc(-n2c3[c-]c(Oc4[c-]c(N5[CH-]N(c6c(-c7ccccc7)ccc7c6-c6ccccc6C7(C)C)c6ccccc65)ccc4)ccc3c3ncccc32)c1.[Pt]. The number of hydrogen-bond acceptors (Lipinski definition) is 5. The van der Waals surface area contributed by atoms with E-state index in [0.29, 0.717) is 11.5 Å². The predicted molar refractivity (Wildman–Crippen MR) is 244 cm³/mol.